The molecule has 1 unspecified atom stereocenters. The molecule has 3 N–H and O–H groups in total. The smallest absolute Gasteiger partial charge is 0.0517 e. The standard InChI is InChI=1S/C32H29N3/c1-21-13-15-24(17-21)29(33)16-14-23-8-6-10-26(18-23)35-22(2)7-5-9-25-19-28-27-11-3-4-12-30(27)34-31(28)20-32(25)35/h3-8,10-16,18-20,29,34H,2,9,17,33H2,1H3/b16-14-. The van der Waals surface area contributed by atoms with Gasteiger partial charge in [-0.05, 0) is 72.9 Å². The normalized spacial score (nSPS) is 16.6. The number of nitrogens with one attached hydrogen (secondary N) is 1. The molecular formula is C32H29N3. The minimum atomic E-state index is -0.0699. The van der Waals surface area contributed by atoms with E-state index in [1.165, 1.54) is 27.5 Å². The van der Waals surface area contributed by atoms with E-state index >= 15 is 0 Å². The van der Waals surface area contributed by atoms with Crippen LogP contribution in [-0.2, 0) is 6.42 Å². The van der Waals surface area contributed by atoms with Gasteiger partial charge in [-0.1, -0.05) is 72.9 Å². The molecule has 0 saturated heterocycles. The largest absolute Gasteiger partial charge is 0.354 e. The molecular weight excluding hydrogens is 426 g/mol. The number of rotatable bonds is 4. The Bertz CT molecular complexity index is 1590. The van der Waals surface area contributed by atoms with E-state index in [1.807, 2.05) is 0 Å². The maximum absolute atomic E-state index is 6.44. The SMILES string of the molecule is C=C1C=CCc2cc3c(cc2N1c1cccc(/C=C\C(N)C2=CC=C(C)C2)c1)[nH]c1ccccc13. The summed E-state index contributed by atoms with van der Waals surface area (Å²) < 4.78 is 0. The van der Waals surface area contributed by atoms with Crippen molar-refractivity contribution in [3.8, 4) is 0 Å². The maximum Gasteiger partial charge on any atom is 0.0517 e. The van der Waals surface area contributed by atoms with Gasteiger partial charge in [0.1, 0.15) is 0 Å². The summed E-state index contributed by atoms with van der Waals surface area (Å²) in [5.74, 6) is 0. The summed E-state index contributed by atoms with van der Waals surface area (Å²) in [4.78, 5) is 5.86. The fourth-order valence-corrected chi connectivity index (χ4v) is 5.18. The Kier molecular flexibility index (Phi) is 5.28. The highest BCUT2D eigenvalue weighted by atomic mass is 15.1. The molecule has 172 valence electrons. The molecule has 2 aliphatic rings. The van der Waals surface area contributed by atoms with Crippen LogP contribution in [0.4, 0.5) is 11.4 Å². The Morgan fingerprint density at radius 2 is 1.89 bits per heavy atom. The van der Waals surface area contributed by atoms with Gasteiger partial charge >= 0.3 is 0 Å². The molecule has 2 heterocycles. The quantitative estimate of drug-likeness (QED) is 0.331. The summed E-state index contributed by atoms with van der Waals surface area (Å²) in [6, 6.07) is 21.6. The van der Waals surface area contributed by atoms with Gasteiger partial charge in [0.2, 0.25) is 0 Å². The predicted octanol–water partition coefficient (Wildman–Crippen LogP) is 7.70. The van der Waals surface area contributed by atoms with Crippen molar-refractivity contribution < 1.29 is 0 Å². The number of H-pyrrole nitrogens is 1. The van der Waals surface area contributed by atoms with Crippen LogP contribution in [0.2, 0.25) is 0 Å². The third-order valence-electron chi connectivity index (χ3n) is 7.00. The first-order valence-electron chi connectivity index (χ1n) is 12.2. The Labute approximate surface area is 206 Å². The van der Waals surface area contributed by atoms with Crippen LogP contribution in [0.3, 0.4) is 0 Å². The van der Waals surface area contributed by atoms with Gasteiger partial charge in [-0.2, -0.15) is 0 Å². The number of anilines is 2. The van der Waals surface area contributed by atoms with Crippen molar-refractivity contribution in [2.75, 3.05) is 4.90 Å². The van der Waals surface area contributed by atoms with Gasteiger partial charge in [0.15, 0.2) is 0 Å². The van der Waals surface area contributed by atoms with E-state index in [2.05, 4.69) is 121 Å². The molecule has 0 spiro atoms. The van der Waals surface area contributed by atoms with Crippen molar-refractivity contribution in [3.63, 3.8) is 0 Å². The third-order valence-corrected chi connectivity index (χ3v) is 7.00. The lowest BCUT2D eigenvalue weighted by Crippen LogP contribution is -2.19. The van der Waals surface area contributed by atoms with E-state index in [0.29, 0.717) is 0 Å². The van der Waals surface area contributed by atoms with Crippen LogP contribution >= 0.6 is 0 Å². The highest BCUT2D eigenvalue weighted by molar-refractivity contribution is 6.08. The molecule has 0 radical (unpaired) electrons. The molecule has 6 rings (SSSR count). The monoisotopic (exact) mass is 455 g/mol. The van der Waals surface area contributed by atoms with Crippen molar-refractivity contribution >= 4 is 39.3 Å². The van der Waals surface area contributed by atoms with E-state index < -0.39 is 0 Å². The van der Waals surface area contributed by atoms with Gasteiger partial charge in [-0.15, -0.1) is 0 Å². The zero-order valence-corrected chi connectivity index (χ0v) is 20.0. The van der Waals surface area contributed by atoms with E-state index in [9.17, 15) is 0 Å². The molecule has 35 heavy (non-hydrogen) atoms. The summed E-state index contributed by atoms with van der Waals surface area (Å²) in [5.41, 5.74) is 17.0. The van der Waals surface area contributed by atoms with Gasteiger partial charge < -0.3 is 15.6 Å². The third kappa shape index (κ3) is 3.94. The molecule has 1 aliphatic heterocycles. The van der Waals surface area contributed by atoms with Gasteiger partial charge in [-0.3, -0.25) is 0 Å². The van der Waals surface area contributed by atoms with E-state index in [1.54, 1.807) is 0 Å². The molecule has 1 aliphatic carbocycles. The second-order valence-corrected chi connectivity index (χ2v) is 9.54. The number of fused-ring (bicyclic) bond motifs is 4. The number of benzene rings is 3. The van der Waals surface area contributed by atoms with Gasteiger partial charge in [0, 0.05) is 39.2 Å². The lowest BCUT2D eigenvalue weighted by molar-refractivity contribution is 0.910. The zero-order chi connectivity index (χ0) is 23.9. The topological polar surface area (TPSA) is 45.0 Å². The average molecular weight is 456 g/mol. The highest BCUT2D eigenvalue weighted by Gasteiger charge is 2.20. The number of hydrogen-bond acceptors (Lipinski definition) is 2. The van der Waals surface area contributed by atoms with Crippen LogP contribution in [0, 0.1) is 0 Å². The van der Waals surface area contributed by atoms with Crippen molar-refractivity contribution in [1.29, 1.82) is 0 Å². The molecule has 3 aromatic carbocycles. The van der Waals surface area contributed by atoms with Crippen molar-refractivity contribution in [2.24, 2.45) is 5.73 Å². The van der Waals surface area contributed by atoms with E-state index in [0.717, 1.165) is 46.5 Å². The minimum Gasteiger partial charge on any atom is -0.354 e. The molecule has 0 fully saturated rings. The minimum absolute atomic E-state index is 0.0699. The predicted molar refractivity (Wildman–Crippen MR) is 150 cm³/mol. The fraction of sp³-hybridized carbons (Fsp3) is 0.125. The molecule has 3 nitrogen and oxygen atoms in total. The summed E-state index contributed by atoms with van der Waals surface area (Å²) in [7, 11) is 0. The molecule has 0 saturated carbocycles. The number of nitrogens with zero attached hydrogens (tertiary/aromatic N) is 1. The molecule has 1 aromatic heterocycles. The second kappa shape index (κ2) is 8.61. The van der Waals surface area contributed by atoms with Crippen LogP contribution < -0.4 is 10.6 Å². The van der Waals surface area contributed by atoms with Crippen LogP contribution in [0.5, 0.6) is 0 Å². The number of allylic oxidation sites excluding steroid dienone is 5. The lowest BCUT2D eigenvalue weighted by Gasteiger charge is -2.27. The molecule has 1 atom stereocenters. The second-order valence-electron chi connectivity index (χ2n) is 9.54. The van der Waals surface area contributed by atoms with Gasteiger partial charge in [0.25, 0.3) is 0 Å². The van der Waals surface area contributed by atoms with Crippen molar-refractivity contribution in [1.82, 2.24) is 4.98 Å². The highest BCUT2D eigenvalue weighted by Crippen LogP contribution is 2.39. The maximum atomic E-state index is 6.44. The molecule has 0 amide bonds. The summed E-state index contributed by atoms with van der Waals surface area (Å²) in [6.45, 7) is 6.54. The zero-order valence-electron chi connectivity index (χ0n) is 20.0. The Morgan fingerprint density at radius 1 is 1.00 bits per heavy atom. The Morgan fingerprint density at radius 3 is 2.74 bits per heavy atom. The van der Waals surface area contributed by atoms with Crippen LogP contribution in [-0.4, -0.2) is 11.0 Å². The lowest BCUT2D eigenvalue weighted by atomic mass is 10.0. The Balaban J connectivity index is 1.38. The van der Waals surface area contributed by atoms with Gasteiger partial charge in [-0.25, -0.2) is 0 Å². The first-order valence-corrected chi connectivity index (χ1v) is 12.2. The van der Waals surface area contributed by atoms with Crippen LogP contribution in [0.25, 0.3) is 27.9 Å². The van der Waals surface area contributed by atoms with E-state index in [-0.39, 0.29) is 6.04 Å². The summed E-state index contributed by atoms with van der Waals surface area (Å²) in [5, 5.41) is 2.52. The molecule has 0 bridgehead atoms. The van der Waals surface area contributed by atoms with Crippen molar-refractivity contribution in [2.45, 2.75) is 25.8 Å². The number of aromatic amines is 1. The van der Waals surface area contributed by atoms with Crippen LogP contribution in [0.15, 0.2) is 114 Å². The average Bonchev–Trinajstić information content (AvgIpc) is 3.41. The Hall–Kier alpha value is -4.08. The van der Waals surface area contributed by atoms with Crippen molar-refractivity contribution in [3.05, 3.63) is 126 Å². The summed E-state index contributed by atoms with van der Waals surface area (Å²) in [6.07, 6.45) is 14.7. The number of hydrogen-bond donors (Lipinski definition) is 2. The molecule has 3 heteroatoms. The number of para-hydroxylation sites is 1. The van der Waals surface area contributed by atoms with Crippen LogP contribution in [0.1, 0.15) is 24.5 Å². The van der Waals surface area contributed by atoms with Gasteiger partial charge in [0.05, 0.1) is 5.69 Å². The number of aromatic nitrogens is 1. The summed E-state index contributed by atoms with van der Waals surface area (Å²) >= 11 is 0. The molecule has 4 aromatic rings. The first-order chi connectivity index (χ1) is 17.1. The fourth-order valence-electron chi connectivity index (χ4n) is 5.18. The number of nitrogens with two attached hydrogens (primary N) is 1. The van der Waals surface area contributed by atoms with E-state index in [4.69, 9.17) is 5.73 Å². The first kappa shape index (κ1) is 21.5.